The Morgan fingerprint density at radius 2 is 1.53 bits per heavy atom. The molecule has 0 bridgehead atoms. The summed E-state index contributed by atoms with van der Waals surface area (Å²) in [6.07, 6.45) is 7.77. The van der Waals surface area contributed by atoms with E-state index in [1.54, 1.807) is 6.08 Å². The Bertz CT molecular complexity index is 1130. The highest BCUT2D eigenvalue weighted by molar-refractivity contribution is 6.30. The maximum Gasteiger partial charge on any atom is 0.246 e. The third kappa shape index (κ3) is 4.38. The normalized spacial score (nSPS) is 18.8. The van der Waals surface area contributed by atoms with Gasteiger partial charge in [-0.05, 0) is 77.6 Å². The Kier molecular flexibility index (Phi) is 6.14. The van der Waals surface area contributed by atoms with E-state index in [1.165, 1.54) is 22.3 Å². The fraction of sp³-hybridized carbons (Fsp3) is 0.276. The number of hydrogen-bond donors (Lipinski definition) is 0. The van der Waals surface area contributed by atoms with E-state index in [-0.39, 0.29) is 5.91 Å². The van der Waals surface area contributed by atoms with Crippen LogP contribution in [0.4, 0.5) is 0 Å². The van der Waals surface area contributed by atoms with Gasteiger partial charge in [0.05, 0.1) is 0 Å². The van der Waals surface area contributed by atoms with Crippen molar-refractivity contribution in [3.05, 3.63) is 112 Å². The minimum absolute atomic E-state index is 0.108. The highest BCUT2D eigenvalue weighted by Crippen LogP contribution is 2.43. The molecule has 3 aromatic carbocycles. The van der Waals surface area contributed by atoms with E-state index < -0.39 is 0 Å². The maximum atomic E-state index is 12.8. The lowest BCUT2D eigenvalue weighted by atomic mass is 9.74. The van der Waals surface area contributed by atoms with E-state index in [1.807, 2.05) is 47.4 Å². The topological polar surface area (TPSA) is 20.3 Å². The zero-order valence-corrected chi connectivity index (χ0v) is 19.0. The summed E-state index contributed by atoms with van der Waals surface area (Å²) in [6, 6.07) is 25.3. The molecule has 3 aromatic rings. The average molecular weight is 442 g/mol. The molecule has 2 nitrogen and oxygen atoms in total. The predicted octanol–water partition coefficient (Wildman–Crippen LogP) is 6.52. The summed E-state index contributed by atoms with van der Waals surface area (Å²) in [6.45, 7) is 1.61. The monoisotopic (exact) mass is 441 g/mol. The average Bonchev–Trinajstić information content (AvgIpc) is 3.00. The van der Waals surface area contributed by atoms with Crippen molar-refractivity contribution >= 4 is 23.6 Å². The van der Waals surface area contributed by atoms with Crippen molar-refractivity contribution in [3.8, 4) is 0 Å². The van der Waals surface area contributed by atoms with Gasteiger partial charge < -0.3 is 4.90 Å². The second-order valence-corrected chi connectivity index (χ2v) is 9.36. The number of rotatable bonds is 3. The van der Waals surface area contributed by atoms with Gasteiger partial charge in [0.25, 0.3) is 0 Å². The second kappa shape index (κ2) is 9.34. The van der Waals surface area contributed by atoms with Crippen LogP contribution in [0.1, 0.15) is 46.6 Å². The largest absolute Gasteiger partial charge is 0.339 e. The number of amides is 1. The van der Waals surface area contributed by atoms with Crippen LogP contribution in [0.5, 0.6) is 0 Å². The Balaban J connectivity index is 1.36. The molecule has 2 aliphatic rings. The van der Waals surface area contributed by atoms with Crippen molar-refractivity contribution in [2.45, 2.75) is 31.6 Å². The van der Waals surface area contributed by atoms with Crippen LogP contribution in [0.15, 0.2) is 78.9 Å². The molecule has 1 atom stereocenters. The number of benzene rings is 3. The zero-order valence-electron chi connectivity index (χ0n) is 18.2. The van der Waals surface area contributed by atoms with Crippen molar-refractivity contribution in [3.63, 3.8) is 0 Å². The molecule has 1 aliphatic carbocycles. The van der Waals surface area contributed by atoms with Gasteiger partial charge in [0.15, 0.2) is 0 Å². The molecular weight excluding hydrogens is 414 g/mol. The van der Waals surface area contributed by atoms with Gasteiger partial charge in [-0.2, -0.15) is 0 Å². The minimum atomic E-state index is 0.108. The lowest BCUT2D eigenvalue weighted by Crippen LogP contribution is -2.39. The maximum absolute atomic E-state index is 12.8. The third-order valence-electron chi connectivity index (χ3n) is 7.04. The molecule has 162 valence electrons. The lowest BCUT2D eigenvalue weighted by Gasteiger charge is -2.37. The summed E-state index contributed by atoms with van der Waals surface area (Å²) < 4.78 is 0. The van der Waals surface area contributed by atoms with Crippen molar-refractivity contribution < 1.29 is 4.79 Å². The molecular formula is C29H28ClNO. The number of carbonyl (C=O) groups excluding carboxylic acids is 1. The number of halogens is 1. The van der Waals surface area contributed by atoms with Crippen molar-refractivity contribution in [1.29, 1.82) is 0 Å². The summed E-state index contributed by atoms with van der Waals surface area (Å²) in [5, 5.41) is 0.812. The SMILES string of the molecule is O=C(/C=C/c1ccccc1)N1CCC(C2c3ccccc3CCc3ccc(Cl)cc32)CC1. The quantitative estimate of drug-likeness (QED) is 0.423. The Morgan fingerprint density at radius 1 is 0.844 bits per heavy atom. The Morgan fingerprint density at radius 3 is 2.31 bits per heavy atom. The van der Waals surface area contributed by atoms with Crippen LogP contribution < -0.4 is 0 Å². The zero-order chi connectivity index (χ0) is 21.9. The molecule has 1 amide bonds. The number of fused-ring (bicyclic) bond motifs is 2. The fourth-order valence-electron chi connectivity index (χ4n) is 5.38. The van der Waals surface area contributed by atoms with E-state index in [9.17, 15) is 4.79 Å². The van der Waals surface area contributed by atoms with Crippen LogP contribution in [-0.2, 0) is 17.6 Å². The Hall–Kier alpha value is -2.84. The molecule has 0 spiro atoms. The first-order valence-corrected chi connectivity index (χ1v) is 11.9. The minimum Gasteiger partial charge on any atom is -0.339 e. The molecule has 0 N–H and O–H groups in total. The summed E-state index contributed by atoms with van der Waals surface area (Å²) in [5.41, 5.74) is 6.76. The molecule has 1 fully saturated rings. The van der Waals surface area contributed by atoms with Gasteiger partial charge in [0.2, 0.25) is 5.91 Å². The van der Waals surface area contributed by atoms with Crippen LogP contribution in [0, 0.1) is 5.92 Å². The van der Waals surface area contributed by atoms with Gasteiger partial charge in [-0.25, -0.2) is 0 Å². The van der Waals surface area contributed by atoms with Gasteiger partial charge in [-0.3, -0.25) is 4.79 Å². The number of likely N-dealkylation sites (tertiary alicyclic amines) is 1. The number of piperidine rings is 1. The number of aryl methyl sites for hydroxylation is 2. The number of carbonyl (C=O) groups is 1. The first-order chi connectivity index (χ1) is 15.7. The second-order valence-electron chi connectivity index (χ2n) is 8.93. The number of hydrogen-bond acceptors (Lipinski definition) is 1. The van der Waals surface area contributed by atoms with Crippen LogP contribution in [0.25, 0.3) is 6.08 Å². The smallest absolute Gasteiger partial charge is 0.246 e. The molecule has 1 aliphatic heterocycles. The molecule has 0 radical (unpaired) electrons. The van der Waals surface area contributed by atoms with E-state index in [4.69, 9.17) is 11.6 Å². The van der Waals surface area contributed by atoms with Crippen LogP contribution in [-0.4, -0.2) is 23.9 Å². The number of nitrogens with zero attached hydrogens (tertiary/aromatic N) is 1. The Labute approximate surface area is 195 Å². The highest BCUT2D eigenvalue weighted by Gasteiger charge is 2.33. The molecule has 1 heterocycles. The highest BCUT2D eigenvalue weighted by atomic mass is 35.5. The van der Waals surface area contributed by atoms with Crippen LogP contribution >= 0.6 is 11.6 Å². The molecule has 32 heavy (non-hydrogen) atoms. The molecule has 1 saturated heterocycles. The standard InChI is InChI=1S/C29H28ClNO/c30-25-14-13-23-12-11-22-8-4-5-9-26(22)29(27(23)20-25)24-16-18-31(19-17-24)28(32)15-10-21-6-2-1-3-7-21/h1-10,13-15,20,24,29H,11-12,16-19H2/b15-10+. The summed E-state index contributed by atoms with van der Waals surface area (Å²) in [5.74, 6) is 0.963. The van der Waals surface area contributed by atoms with Gasteiger partial charge in [0, 0.05) is 30.1 Å². The van der Waals surface area contributed by atoms with Crippen molar-refractivity contribution in [2.75, 3.05) is 13.1 Å². The summed E-state index contributed by atoms with van der Waals surface area (Å²) in [7, 11) is 0. The van der Waals surface area contributed by atoms with Gasteiger partial charge in [0.1, 0.15) is 0 Å². The van der Waals surface area contributed by atoms with E-state index >= 15 is 0 Å². The van der Waals surface area contributed by atoms with Gasteiger partial charge in [-0.1, -0.05) is 72.3 Å². The molecule has 0 aromatic heterocycles. The summed E-state index contributed by atoms with van der Waals surface area (Å²) in [4.78, 5) is 14.8. The molecule has 0 saturated carbocycles. The van der Waals surface area contributed by atoms with E-state index in [2.05, 4.69) is 36.4 Å². The summed E-state index contributed by atoms with van der Waals surface area (Å²) >= 11 is 6.45. The fourth-order valence-corrected chi connectivity index (χ4v) is 5.56. The van der Waals surface area contributed by atoms with Crippen LogP contribution in [0.2, 0.25) is 5.02 Å². The van der Waals surface area contributed by atoms with E-state index in [0.717, 1.165) is 49.4 Å². The third-order valence-corrected chi connectivity index (χ3v) is 7.27. The van der Waals surface area contributed by atoms with Crippen molar-refractivity contribution in [1.82, 2.24) is 4.90 Å². The van der Waals surface area contributed by atoms with Crippen molar-refractivity contribution in [2.24, 2.45) is 5.92 Å². The first kappa shape index (κ1) is 21.0. The van der Waals surface area contributed by atoms with Gasteiger partial charge in [-0.15, -0.1) is 0 Å². The van der Waals surface area contributed by atoms with Crippen LogP contribution in [0.3, 0.4) is 0 Å². The predicted molar refractivity (Wildman–Crippen MR) is 132 cm³/mol. The molecule has 3 heteroatoms. The molecule has 1 unspecified atom stereocenters. The first-order valence-electron chi connectivity index (χ1n) is 11.6. The van der Waals surface area contributed by atoms with Gasteiger partial charge >= 0.3 is 0 Å². The molecule has 5 rings (SSSR count). The van der Waals surface area contributed by atoms with E-state index in [0.29, 0.717) is 11.8 Å². The lowest BCUT2D eigenvalue weighted by molar-refractivity contribution is -0.127.